The van der Waals surface area contributed by atoms with Gasteiger partial charge in [-0.2, -0.15) is 0 Å². The van der Waals surface area contributed by atoms with E-state index in [9.17, 15) is 9.90 Å². The number of rotatable bonds is 5. The summed E-state index contributed by atoms with van der Waals surface area (Å²) < 4.78 is 0. The van der Waals surface area contributed by atoms with Crippen LogP contribution in [0.4, 0.5) is 0 Å². The quantitative estimate of drug-likeness (QED) is 0.737. The molecule has 3 rings (SSSR count). The molecule has 2 aromatic rings. The van der Waals surface area contributed by atoms with Gasteiger partial charge in [0.25, 0.3) is 0 Å². The molecule has 1 fully saturated rings. The number of carboxylic acids is 1. The number of aryl methyl sites for hydroxylation is 1. The Morgan fingerprint density at radius 1 is 1.15 bits per heavy atom. The maximum atomic E-state index is 11.5. The van der Waals surface area contributed by atoms with Gasteiger partial charge >= 0.3 is 5.97 Å². The van der Waals surface area contributed by atoms with Crippen LogP contribution in [0.1, 0.15) is 42.5 Å². The summed E-state index contributed by atoms with van der Waals surface area (Å²) in [6.45, 7) is 3.54. The summed E-state index contributed by atoms with van der Waals surface area (Å²) in [5.74, 6) is -1.05. The minimum atomic E-state index is -0.719. The fourth-order valence-corrected chi connectivity index (χ4v) is 3.98. The summed E-state index contributed by atoms with van der Waals surface area (Å²) in [6.07, 6.45) is 2.60. The van der Waals surface area contributed by atoms with Crippen molar-refractivity contribution in [3.63, 3.8) is 0 Å². The molecule has 2 aromatic carbocycles. The lowest BCUT2D eigenvalue weighted by molar-refractivity contribution is -0.143. The molecule has 0 saturated carbocycles. The number of halogens is 2. The first-order valence-corrected chi connectivity index (χ1v) is 9.75. The molecule has 1 heterocycles. The van der Waals surface area contributed by atoms with Gasteiger partial charge in [-0.1, -0.05) is 60.5 Å². The SMILES string of the molecule is CCc1ccc(C(c2ccc(Cl)c(Cl)c2)N2CCCC(C(=O)O)C2)cc1. The Morgan fingerprint density at radius 2 is 1.85 bits per heavy atom. The summed E-state index contributed by atoms with van der Waals surface area (Å²) in [4.78, 5) is 13.8. The molecule has 1 N–H and O–H groups in total. The molecule has 0 spiro atoms. The Hall–Kier alpha value is -1.55. The van der Waals surface area contributed by atoms with E-state index in [1.54, 1.807) is 0 Å². The highest BCUT2D eigenvalue weighted by Gasteiger charge is 2.31. The third-order valence-corrected chi connectivity index (χ3v) is 5.87. The molecule has 0 aromatic heterocycles. The van der Waals surface area contributed by atoms with Gasteiger partial charge < -0.3 is 5.11 Å². The lowest BCUT2D eigenvalue weighted by Crippen LogP contribution is -2.41. The van der Waals surface area contributed by atoms with E-state index < -0.39 is 5.97 Å². The normalized spacial score (nSPS) is 19.3. The molecule has 0 aliphatic carbocycles. The molecular formula is C21H23Cl2NO2. The van der Waals surface area contributed by atoms with E-state index >= 15 is 0 Å². The largest absolute Gasteiger partial charge is 0.481 e. The molecule has 26 heavy (non-hydrogen) atoms. The predicted molar refractivity (Wildman–Crippen MR) is 106 cm³/mol. The first-order chi connectivity index (χ1) is 12.5. The van der Waals surface area contributed by atoms with Crippen LogP contribution in [0.5, 0.6) is 0 Å². The molecule has 0 radical (unpaired) electrons. The van der Waals surface area contributed by atoms with Gasteiger partial charge in [0.2, 0.25) is 0 Å². The molecule has 1 saturated heterocycles. The first-order valence-electron chi connectivity index (χ1n) is 9.00. The van der Waals surface area contributed by atoms with E-state index in [1.807, 2.05) is 18.2 Å². The zero-order chi connectivity index (χ0) is 18.7. The van der Waals surface area contributed by atoms with Gasteiger partial charge in [-0.25, -0.2) is 0 Å². The highest BCUT2D eigenvalue weighted by Crippen LogP contribution is 2.35. The van der Waals surface area contributed by atoms with E-state index in [0.29, 0.717) is 16.6 Å². The zero-order valence-electron chi connectivity index (χ0n) is 14.8. The maximum absolute atomic E-state index is 11.5. The van der Waals surface area contributed by atoms with Crippen LogP contribution in [0.2, 0.25) is 10.0 Å². The van der Waals surface area contributed by atoms with Gasteiger partial charge in [0.15, 0.2) is 0 Å². The lowest BCUT2D eigenvalue weighted by Gasteiger charge is -2.37. The van der Waals surface area contributed by atoms with Crippen LogP contribution in [0.3, 0.4) is 0 Å². The number of likely N-dealkylation sites (tertiary alicyclic amines) is 1. The van der Waals surface area contributed by atoms with E-state index in [0.717, 1.165) is 36.9 Å². The van der Waals surface area contributed by atoms with Crippen LogP contribution in [0.15, 0.2) is 42.5 Å². The molecule has 3 nitrogen and oxygen atoms in total. The Bertz CT molecular complexity index is 776. The minimum absolute atomic E-state index is 0.0298. The van der Waals surface area contributed by atoms with Crippen molar-refractivity contribution in [3.8, 4) is 0 Å². The second kappa shape index (κ2) is 8.43. The monoisotopic (exact) mass is 391 g/mol. The van der Waals surface area contributed by atoms with Crippen LogP contribution < -0.4 is 0 Å². The first kappa shape index (κ1) is 19.2. The number of carboxylic acid groups (broad SMARTS) is 1. The Kier molecular flexibility index (Phi) is 6.23. The molecule has 2 atom stereocenters. The summed E-state index contributed by atoms with van der Waals surface area (Å²) in [5.41, 5.74) is 3.46. The Balaban J connectivity index is 1.99. The highest BCUT2D eigenvalue weighted by atomic mass is 35.5. The smallest absolute Gasteiger partial charge is 0.307 e. The average molecular weight is 392 g/mol. The molecule has 138 valence electrons. The summed E-state index contributed by atoms with van der Waals surface area (Å²) in [6, 6.07) is 14.2. The third-order valence-electron chi connectivity index (χ3n) is 5.13. The van der Waals surface area contributed by atoms with Crippen LogP contribution in [0.25, 0.3) is 0 Å². The van der Waals surface area contributed by atoms with Gasteiger partial charge in [-0.05, 0) is 54.6 Å². The second-order valence-corrected chi connectivity index (χ2v) is 7.66. The van der Waals surface area contributed by atoms with Crippen molar-refractivity contribution in [1.29, 1.82) is 0 Å². The van der Waals surface area contributed by atoms with E-state index in [2.05, 4.69) is 36.1 Å². The molecule has 1 aliphatic rings. The number of hydrogen-bond acceptors (Lipinski definition) is 2. The molecule has 5 heteroatoms. The predicted octanol–water partition coefficient (Wildman–Crippen LogP) is 5.44. The number of benzene rings is 2. The minimum Gasteiger partial charge on any atom is -0.481 e. The van der Waals surface area contributed by atoms with Crippen molar-refractivity contribution in [2.24, 2.45) is 5.92 Å². The lowest BCUT2D eigenvalue weighted by atomic mass is 9.91. The molecular weight excluding hydrogens is 369 g/mol. The highest BCUT2D eigenvalue weighted by molar-refractivity contribution is 6.42. The summed E-state index contributed by atoms with van der Waals surface area (Å²) in [5, 5.41) is 10.5. The van der Waals surface area contributed by atoms with Crippen molar-refractivity contribution in [1.82, 2.24) is 4.90 Å². The molecule has 1 aliphatic heterocycles. The third kappa shape index (κ3) is 4.22. The van der Waals surface area contributed by atoms with Gasteiger partial charge in [-0.3, -0.25) is 9.69 Å². The number of piperidine rings is 1. The topological polar surface area (TPSA) is 40.5 Å². The number of aliphatic carboxylic acids is 1. The van der Waals surface area contributed by atoms with E-state index in [1.165, 1.54) is 5.56 Å². The Morgan fingerprint density at radius 3 is 2.46 bits per heavy atom. The molecule has 0 amide bonds. The van der Waals surface area contributed by atoms with Crippen molar-refractivity contribution in [3.05, 3.63) is 69.2 Å². The molecule has 0 bridgehead atoms. The van der Waals surface area contributed by atoms with Crippen molar-refractivity contribution in [2.45, 2.75) is 32.2 Å². The average Bonchev–Trinajstić information content (AvgIpc) is 2.65. The van der Waals surface area contributed by atoms with Crippen LogP contribution in [0, 0.1) is 5.92 Å². The molecule has 2 unspecified atom stereocenters. The van der Waals surface area contributed by atoms with Crippen LogP contribution >= 0.6 is 23.2 Å². The summed E-state index contributed by atoms with van der Waals surface area (Å²) in [7, 11) is 0. The second-order valence-electron chi connectivity index (χ2n) is 6.84. The van der Waals surface area contributed by atoms with E-state index in [-0.39, 0.29) is 12.0 Å². The number of nitrogens with zero attached hydrogens (tertiary/aromatic N) is 1. The van der Waals surface area contributed by atoms with E-state index in [4.69, 9.17) is 23.2 Å². The summed E-state index contributed by atoms with van der Waals surface area (Å²) >= 11 is 12.4. The Labute approximate surface area is 164 Å². The van der Waals surface area contributed by atoms with Gasteiger partial charge in [0.1, 0.15) is 0 Å². The van der Waals surface area contributed by atoms with Crippen molar-refractivity contribution < 1.29 is 9.90 Å². The van der Waals surface area contributed by atoms with Gasteiger partial charge in [0.05, 0.1) is 22.0 Å². The standard InChI is InChI=1S/C21H23Cl2NO2/c1-2-14-5-7-15(8-6-14)20(16-9-10-18(22)19(23)12-16)24-11-3-4-17(13-24)21(25)26/h5-10,12,17,20H,2-4,11,13H2,1H3,(H,25,26). The van der Waals surface area contributed by atoms with Crippen molar-refractivity contribution >= 4 is 29.2 Å². The fourth-order valence-electron chi connectivity index (χ4n) is 3.67. The van der Waals surface area contributed by atoms with Crippen molar-refractivity contribution in [2.75, 3.05) is 13.1 Å². The number of hydrogen-bond donors (Lipinski definition) is 1. The van der Waals surface area contributed by atoms with Gasteiger partial charge in [0, 0.05) is 6.54 Å². The van der Waals surface area contributed by atoms with Crippen LogP contribution in [-0.4, -0.2) is 29.1 Å². The maximum Gasteiger partial charge on any atom is 0.307 e. The van der Waals surface area contributed by atoms with Crippen LogP contribution in [-0.2, 0) is 11.2 Å². The van der Waals surface area contributed by atoms with Gasteiger partial charge in [-0.15, -0.1) is 0 Å². The number of carbonyl (C=O) groups is 1. The fraction of sp³-hybridized carbons (Fsp3) is 0.381. The zero-order valence-corrected chi connectivity index (χ0v) is 16.3.